The van der Waals surface area contributed by atoms with Gasteiger partial charge in [-0.2, -0.15) is 0 Å². The SMILES string of the molecule is COc1cc(F)c(C)cc1CC1CCCNC1. The maximum atomic E-state index is 13.4. The Hall–Kier alpha value is -1.09. The molecule has 94 valence electrons. The summed E-state index contributed by atoms with van der Waals surface area (Å²) < 4.78 is 18.7. The van der Waals surface area contributed by atoms with Gasteiger partial charge in [0.25, 0.3) is 0 Å². The summed E-state index contributed by atoms with van der Waals surface area (Å²) in [5, 5.41) is 3.40. The number of halogens is 1. The summed E-state index contributed by atoms with van der Waals surface area (Å²) in [6.45, 7) is 3.98. The molecular weight excluding hydrogens is 217 g/mol. The van der Waals surface area contributed by atoms with Gasteiger partial charge in [-0.15, -0.1) is 0 Å². The second-order valence-corrected chi connectivity index (χ2v) is 4.83. The zero-order valence-corrected chi connectivity index (χ0v) is 10.6. The molecule has 1 N–H and O–H groups in total. The number of nitrogens with one attached hydrogen (secondary N) is 1. The summed E-state index contributed by atoms with van der Waals surface area (Å²) >= 11 is 0. The summed E-state index contributed by atoms with van der Waals surface area (Å²) in [6.07, 6.45) is 3.44. The molecular formula is C14H20FNO. The van der Waals surface area contributed by atoms with E-state index in [0.29, 0.717) is 17.2 Å². The van der Waals surface area contributed by atoms with Crippen LogP contribution in [0.3, 0.4) is 0 Å². The van der Waals surface area contributed by atoms with Crippen LogP contribution in [0, 0.1) is 18.7 Å². The third-order valence-electron chi connectivity index (χ3n) is 3.47. The Morgan fingerprint density at radius 3 is 2.94 bits per heavy atom. The zero-order valence-electron chi connectivity index (χ0n) is 10.6. The lowest BCUT2D eigenvalue weighted by molar-refractivity contribution is 0.363. The first-order chi connectivity index (χ1) is 8.20. The van der Waals surface area contributed by atoms with Crippen molar-refractivity contribution >= 4 is 0 Å². The highest BCUT2D eigenvalue weighted by atomic mass is 19.1. The summed E-state index contributed by atoms with van der Waals surface area (Å²) in [7, 11) is 1.60. The maximum absolute atomic E-state index is 13.4. The Kier molecular flexibility index (Phi) is 4.00. The lowest BCUT2D eigenvalue weighted by atomic mass is 9.91. The summed E-state index contributed by atoms with van der Waals surface area (Å²) in [4.78, 5) is 0. The molecule has 0 saturated carbocycles. The highest BCUT2D eigenvalue weighted by molar-refractivity contribution is 5.38. The molecule has 1 aromatic rings. The summed E-state index contributed by atoms with van der Waals surface area (Å²) in [5.41, 5.74) is 1.82. The van der Waals surface area contributed by atoms with Crippen molar-refractivity contribution in [2.24, 2.45) is 5.92 Å². The van der Waals surface area contributed by atoms with Crippen molar-refractivity contribution in [1.82, 2.24) is 5.32 Å². The van der Waals surface area contributed by atoms with Gasteiger partial charge in [0.05, 0.1) is 7.11 Å². The van der Waals surface area contributed by atoms with Crippen molar-refractivity contribution in [2.75, 3.05) is 20.2 Å². The van der Waals surface area contributed by atoms with E-state index in [1.54, 1.807) is 14.0 Å². The molecule has 1 unspecified atom stereocenters. The molecule has 1 heterocycles. The fourth-order valence-electron chi connectivity index (χ4n) is 2.48. The third-order valence-corrected chi connectivity index (χ3v) is 3.47. The van der Waals surface area contributed by atoms with Crippen molar-refractivity contribution in [3.63, 3.8) is 0 Å². The van der Waals surface area contributed by atoms with Gasteiger partial charge in [0, 0.05) is 6.07 Å². The monoisotopic (exact) mass is 237 g/mol. The maximum Gasteiger partial charge on any atom is 0.129 e. The average Bonchev–Trinajstić information content (AvgIpc) is 2.35. The van der Waals surface area contributed by atoms with Crippen LogP contribution < -0.4 is 10.1 Å². The lowest BCUT2D eigenvalue weighted by Crippen LogP contribution is -2.30. The molecule has 1 aliphatic heterocycles. The fourth-order valence-corrected chi connectivity index (χ4v) is 2.48. The minimum absolute atomic E-state index is 0.188. The van der Waals surface area contributed by atoms with Crippen LogP contribution in [0.4, 0.5) is 4.39 Å². The minimum Gasteiger partial charge on any atom is -0.496 e. The van der Waals surface area contributed by atoms with Crippen molar-refractivity contribution in [3.8, 4) is 5.75 Å². The first kappa shape index (κ1) is 12.4. The Morgan fingerprint density at radius 2 is 2.29 bits per heavy atom. The van der Waals surface area contributed by atoms with Gasteiger partial charge in [-0.05, 0) is 62.4 Å². The Bertz CT molecular complexity index is 386. The van der Waals surface area contributed by atoms with E-state index in [9.17, 15) is 4.39 Å². The van der Waals surface area contributed by atoms with Gasteiger partial charge in [-0.3, -0.25) is 0 Å². The van der Waals surface area contributed by atoms with E-state index in [4.69, 9.17) is 4.74 Å². The van der Waals surface area contributed by atoms with Crippen LogP contribution in [0.5, 0.6) is 5.75 Å². The minimum atomic E-state index is -0.188. The van der Waals surface area contributed by atoms with Crippen LogP contribution in [0.2, 0.25) is 0 Å². The first-order valence-corrected chi connectivity index (χ1v) is 6.24. The smallest absolute Gasteiger partial charge is 0.129 e. The second-order valence-electron chi connectivity index (χ2n) is 4.83. The lowest BCUT2D eigenvalue weighted by Gasteiger charge is -2.23. The van der Waals surface area contributed by atoms with E-state index in [0.717, 1.165) is 25.1 Å². The van der Waals surface area contributed by atoms with Crippen LogP contribution in [0.15, 0.2) is 12.1 Å². The predicted octanol–water partition coefficient (Wildman–Crippen LogP) is 2.68. The largest absolute Gasteiger partial charge is 0.496 e. The van der Waals surface area contributed by atoms with E-state index < -0.39 is 0 Å². The standard InChI is InChI=1S/C14H20FNO/c1-10-6-12(14(17-2)8-13(10)15)7-11-4-3-5-16-9-11/h6,8,11,16H,3-5,7,9H2,1-2H3. The Morgan fingerprint density at radius 1 is 1.47 bits per heavy atom. The molecule has 1 atom stereocenters. The number of hydrogen-bond acceptors (Lipinski definition) is 2. The van der Waals surface area contributed by atoms with E-state index in [2.05, 4.69) is 5.32 Å². The van der Waals surface area contributed by atoms with E-state index in [1.165, 1.54) is 18.9 Å². The number of ether oxygens (including phenoxy) is 1. The normalized spacial score (nSPS) is 20.3. The number of benzene rings is 1. The van der Waals surface area contributed by atoms with Crippen LogP contribution in [0.1, 0.15) is 24.0 Å². The van der Waals surface area contributed by atoms with E-state index in [1.807, 2.05) is 6.07 Å². The number of hydrogen-bond donors (Lipinski definition) is 1. The van der Waals surface area contributed by atoms with E-state index >= 15 is 0 Å². The van der Waals surface area contributed by atoms with Crippen LogP contribution in [-0.2, 0) is 6.42 Å². The molecule has 2 rings (SSSR count). The molecule has 0 amide bonds. The van der Waals surface area contributed by atoms with Gasteiger partial charge in [-0.25, -0.2) is 4.39 Å². The first-order valence-electron chi connectivity index (χ1n) is 6.24. The average molecular weight is 237 g/mol. The van der Waals surface area contributed by atoms with Crippen molar-refractivity contribution in [3.05, 3.63) is 29.1 Å². The molecule has 1 aliphatic rings. The molecule has 0 aliphatic carbocycles. The molecule has 1 aromatic carbocycles. The molecule has 17 heavy (non-hydrogen) atoms. The second kappa shape index (κ2) is 5.50. The van der Waals surface area contributed by atoms with Crippen LogP contribution in [-0.4, -0.2) is 20.2 Å². The van der Waals surface area contributed by atoms with E-state index in [-0.39, 0.29) is 5.82 Å². The molecule has 3 heteroatoms. The molecule has 2 nitrogen and oxygen atoms in total. The topological polar surface area (TPSA) is 21.3 Å². The Labute approximate surface area is 102 Å². The summed E-state index contributed by atoms with van der Waals surface area (Å²) in [6, 6.07) is 3.42. The van der Waals surface area contributed by atoms with Gasteiger partial charge in [-0.1, -0.05) is 0 Å². The molecule has 0 spiro atoms. The highest BCUT2D eigenvalue weighted by Gasteiger charge is 2.16. The van der Waals surface area contributed by atoms with Gasteiger partial charge < -0.3 is 10.1 Å². The number of piperidine rings is 1. The molecule has 0 aromatic heterocycles. The van der Waals surface area contributed by atoms with Crippen molar-refractivity contribution in [2.45, 2.75) is 26.2 Å². The van der Waals surface area contributed by atoms with Crippen molar-refractivity contribution in [1.29, 1.82) is 0 Å². The van der Waals surface area contributed by atoms with Gasteiger partial charge in [0.1, 0.15) is 11.6 Å². The predicted molar refractivity (Wildman–Crippen MR) is 67.0 cm³/mol. The zero-order chi connectivity index (χ0) is 12.3. The van der Waals surface area contributed by atoms with Gasteiger partial charge >= 0.3 is 0 Å². The number of methoxy groups -OCH3 is 1. The molecule has 1 fully saturated rings. The number of aryl methyl sites for hydroxylation is 1. The third kappa shape index (κ3) is 2.97. The summed E-state index contributed by atoms with van der Waals surface area (Å²) in [5.74, 6) is 1.13. The van der Waals surface area contributed by atoms with Crippen LogP contribution in [0.25, 0.3) is 0 Å². The quantitative estimate of drug-likeness (QED) is 0.872. The number of rotatable bonds is 3. The Balaban J connectivity index is 2.15. The van der Waals surface area contributed by atoms with Crippen molar-refractivity contribution < 1.29 is 9.13 Å². The van der Waals surface area contributed by atoms with Gasteiger partial charge in [0.15, 0.2) is 0 Å². The fraction of sp³-hybridized carbons (Fsp3) is 0.571. The van der Waals surface area contributed by atoms with Gasteiger partial charge in [0.2, 0.25) is 0 Å². The molecule has 0 radical (unpaired) electrons. The molecule has 1 saturated heterocycles. The van der Waals surface area contributed by atoms with Crippen LogP contribution >= 0.6 is 0 Å². The highest BCUT2D eigenvalue weighted by Crippen LogP contribution is 2.26. The molecule has 0 bridgehead atoms.